The number of fused-ring (bicyclic) bond motifs is 1. The fourth-order valence-corrected chi connectivity index (χ4v) is 2.85. The first kappa shape index (κ1) is 15.0. The Morgan fingerprint density at radius 2 is 1.64 bits per heavy atom. The summed E-state index contributed by atoms with van der Waals surface area (Å²) in [5.41, 5.74) is 5.29. The second-order valence-electron chi connectivity index (χ2n) is 5.74. The van der Waals surface area contributed by atoms with Crippen molar-refractivity contribution in [2.24, 2.45) is 0 Å². The fraction of sp³-hybridized carbons (Fsp3) is 0.0476. The number of nitriles is 1. The third-order valence-corrected chi connectivity index (χ3v) is 4.10. The molecule has 25 heavy (non-hydrogen) atoms. The van der Waals surface area contributed by atoms with Crippen molar-refractivity contribution in [3.8, 4) is 28.6 Å². The molecule has 2 aromatic heterocycles. The summed E-state index contributed by atoms with van der Waals surface area (Å²) in [6, 6.07) is 21.9. The van der Waals surface area contributed by atoms with E-state index in [1.807, 2.05) is 67.6 Å². The molecular weight excluding hydrogens is 308 g/mol. The Hall–Kier alpha value is -3.58. The number of aryl methyl sites for hydroxylation is 1. The number of nitrogens with zero attached hydrogens (tertiary/aromatic N) is 4. The Morgan fingerprint density at radius 3 is 2.44 bits per heavy atom. The molecule has 0 amide bonds. The molecule has 118 valence electrons. The molecule has 0 unspecified atom stereocenters. The van der Waals surface area contributed by atoms with Crippen molar-refractivity contribution in [2.75, 3.05) is 0 Å². The van der Waals surface area contributed by atoms with Crippen LogP contribution in [0, 0.1) is 18.3 Å². The van der Waals surface area contributed by atoms with Gasteiger partial charge in [0, 0.05) is 22.7 Å². The van der Waals surface area contributed by atoms with Gasteiger partial charge in [0.2, 0.25) is 0 Å². The fourth-order valence-electron chi connectivity index (χ4n) is 2.85. The summed E-state index contributed by atoms with van der Waals surface area (Å²) in [7, 11) is 0. The maximum absolute atomic E-state index is 9.36. The number of hydrogen-bond acceptors (Lipinski definition) is 4. The van der Waals surface area contributed by atoms with E-state index in [1.54, 1.807) is 6.20 Å². The predicted octanol–water partition coefficient (Wildman–Crippen LogP) is 4.54. The van der Waals surface area contributed by atoms with Gasteiger partial charge in [0.1, 0.15) is 6.07 Å². The molecule has 0 N–H and O–H groups in total. The average Bonchev–Trinajstić information content (AvgIpc) is 2.68. The van der Waals surface area contributed by atoms with Gasteiger partial charge in [-0.3, -0.25) is 4.98 Å². The Morgan fingerprint density at radius 1 is 0.840 bits per heavy atom. The van der Waals surface area contributed by atoms with Gasteiger partial charge in [0.05, 0.1) is 22.6 Å². The smallest absolute Gasteiger partial charge is 0.162 e. The Labute approximate surface area is 145 Å². The van der Waals surface area contributed by atoms with E-state index >= 15 is 0 Å². The lowest BCUT2D eigenvalue weighted by atomic mass is 10.0. The zero-order chi connectivity index (χ0) is 17.2. The van der Waals surface area contributed by atoms with E-state index in [9.17, 15) is 5.26 Å². The summed E-state index contributed by atoms with van der Waals surface area (Å²) >= 11 is 0. The normalized spacial score (nSPS) is 10.6. The van der Waals surface area contributed by atoms with Crippen LogP contribution in [0.1, 0.15) is 11.4 Å². The van der Waals surface area contributed by atoms with Gasteiger partial charge < -0.3 is 0 Å². The molecule has 0 bridgehead atoms. The molecule has 0 fully saturated rings. The summed E-state index contributed by atoms with van der Waals surface area (Å²) in [5, 5.41) is 10.4. The van der Waals surface area contributed by atoms with E-state index in [1.165, 1.54) is 0 Å². The zero-order valence-corrected chi connectivity index (χ0v) is 13.6. The summed E-state index contributed by atoms with van der Waals surface area (Å²) in [5.74, 6) is 0. The molecule has 4 nitrogen and oxygen atoms in total. The van der Waals surface area contributed by atoms with Crippen molar-refractivity contribution in [3.05, 3.63) is 78.2 Å². The highest BCUT2D eigenvalue weighted by Gasteiger charge is 2.15. The minimum Gasteiger partial charge on any atom is -0.256 e. The van der Waals surface area contributed by atoms with Gasteiger partial charge in [-0.15, -0.1) is 0 Å². The average molecular weight is 322 g/mol. The van der Waals surface area contributed by atoms with Crippen molar-refractivity contribution in [1.29, 1.82) is 5.26 Å². The van der Waals surface area contributed by atoms with Crippen molar-refractivity contribution in [3.63, 3.8) is 0 Å². The number of hydrogen-bond donors (Lipinski definition) is 0. The molecule has 0 aliphatic rings. The van der Waals surface area contributed by atoms with E-state index < -0.39 is 0 Å². The predicted molar refractivity (Wildman–Crippen MR) is 97.7 cm³/mol. The van der Waals surface area contributed by atoms with Crippen LogP contribution in [0.4, 0.5) is 0 Å². The second kappa shape index (κ2) is 6.14. The van der Waals surface area contributed by atoms with Gasteiger partial charge in [-0.05, 0) is 25.1 Å². The van der Waals surface area contributed by atoms with Gasteiger partial charge in [0.15, 0.2) is 5.69 Å². The molecule has 0 saturated heterocycles. The van der Waals surface area contributed by atoms with Crippen LogP contribution in [0.5, 0.6) is 0 Å². The number of pyridine rings is 1. The minimum atomic E-state index is 0.348. The third kappa shape index (κ3) is 2.73. The summed E-state index contributed by atoms with van der Waals surface area (Å²) < 4.78 is 0. The molecule has 2 heterocycles. The van der Waals surface area contributed by atoms with E-state index in [0.717, 1.165) is 27.7 Å². The minimum absolute atomic E-state index is 0.348. The Balaban J connectivity index is 2.00. The number of benzene rings is 2. The molecule has 0 radical (unpaired) electrons. The second-order valence-corrected chi connectivity index (χ2v) is 5.74. The lowest BCUT2D eigenvalue weighted by Crippen LogP contribution is -2.00. The first-order valence-electron chi connectivity index (χ1n) is 7.95. The van der Waals surface area contributed by atoms with Gasteiger partial charge in [0.25, 0.3) is 0 Å². The van der Waals surface area contributed by atoms with Crippen LogP contribution in [-0.4, -0.2) is 15.0 Å². The Kier molecular flexibility index (Phi) is 3.68. The molecule has 4 heteroatoms. The van der Waals surface area contributed by atoms with Crippen LogP contribution in [0.25, 0.3) is 33.4 Å². The van der Waals surface area contributed by atoms with Crippen LogP contribution in [0.3, 0.4) is 0 Å². The highest BCUT2D eigenvalue weighted by molar-refractivity contribution is 5.87. The van der Waals surface area contributed by atoms with Crippen LogP contribution >= 0.6 is 0 Å². The van der Waals surface area contributed by atoms with E-state index in [0.29, 0.717) is 17.1 Å². The molecule has 0 saturated carbocycles. The monoisotopic (exact) mass is 322 g/mol. The third-order valence-electron chi connectivity index (χ3n) is 4.10. The van der Waals surface area contributed by atoms with E-state index in [4.69, 9.17) is 0 Å². The molecule has 2 aromatic carbocycles. The molecule has 4 aromatic rings. The summed E-state index contributed by atoms with van der Waals surface area (Å²) in [4.78, 5) is 13.6. The molecule has 0 aliphatic carbocycles. The molecule has 0 aliphatic heterocycles. The quantitative estimate of drug-likeness (QED) is 0.543. The number of rotatable bonds is 2. The Bertz CT molecular complexity index is 1110. The number of aromatic nitrogens is 3. The van der Waals surface area contributed by atoms with Crippen molar-refractivity contribution in [1.82, 2.24) is 15.0 Å². The van der Waals surface area contributed by atoms with Crippen molar-refractivity contribution in [2.45, 2.75) is 6.92 Å². The highest BCUT2D eigenvalue weighted by atomic mass is 14.8. The lowest BCUT2D eigenvalue weighted by Gasteiger charge is -2.11. The van der Waals surface area contributed by atoms with Gasteiger partial charge in [-0.1, -0.05) is 42.5 Å². The maximum atomic E-state index is 9.36. The van der Waals surface area contributed by atoms with Crippen molar-refractivity contribution < 1.29 is 0 Å². The summed E-state index contributed by atoms with van der Waals surface area (Å²) in [6.45, 7) is 1.81. The van der Waals surface area contributed by atoms with Crippen LogP contribution in [0.2, 0.25) is 0 Å². The topological polar surface area (TPSA) is 62.5 Å². The molecular formula is C21H14N4. The molecule has 0 atom stereocenters. The van der Waals surface area contributed by atoms with E-state index in [-0.39, 0.29) is 0 Å². The van der Waals surface area contributed by atoms with Gasteiger partial charge >= 0.3 is 0 Å². The standard InChI is InChI=1S/C21H14N4/c1-14-19(13-22)25-21(20(24-14)15-6-3-2-4-7-15)17-9-10-18-16(12-17)8-5-11-23-18/h2-12H,1H3. The lowest BCUT2D eigenvalue weighted by molar-refractivity contribution is 1.10. The first-order chi connectivity index (χ1) is 12.3. The van der Waals surface area contributed by atoms with Gasteiger partial charge in [-0.25, -0.2) is 9.97 Å². The largest absolute Gasteiger partial charge is 0.256 e. The zero-order valence-electron chi connectivity index (χ0n) is 13.6. The summed E-state index contributed by atoms with van der Waals surface area (Å²) in [6.07, 6.45) is 1.77. The SMILES string of the molecule is Cc1nc(-c2ccccc2)c(-c2ccc3ncccc3c2)nc1C#N. The van der Waals surface area contributed by atoms with Gasteiger partial charge in [-0.2, -0.15) is 5.26 Å². The molecule has 4 rings (SSSR count). The highest BCUT2D eigenvalue weighted by Crippen LogP contribution is 2.31. The maximum Gasteiger partial charge on any atom is 0.162 e. The van der Waals surface area contributed by atoms with Crippen LogP contribution < -0.4 is 0 Å². The van der Waals surface area contributed by atoms with Crippen LogP contribution in [-0.2, 0) is 0 Å². The first-order valence-corrected chi connectivity index (χ1v) is 7.95. The molecule has 0 spiro atoms. The van der Waals surface area contributed by atoms with Crippen molar-refractivity contribution >= 4 is 10.9 Å². The van der Waals surface area contributed by atoms with Crippen LogP contribution in [0.15, 0.2) is 66.9 Å². The van der Waals surface area contributed by atoms with E-state index in [2.05, 4.69) is 21.0 Å².